The van der Waals surface area contributed by atoms with Gasteiger partial charge in [-0.3, -0.25) is 14.6 Å². The number of nitrogens with one attached hydrogen (secondary N) is 2. The van der Waals surface area contributed by atoms with Gasteiger partial charge in [0.05, 0.1) is 12.9 Å². The van der Waals surface area contributed by atoms with E-state index in [1.807, 2.05) is 0 Å². The van der Waals surface area contributed by atoms with E-state index in [2.05, 4.69) is 25.8 Å². The number of benzene rings is 2. The van der Waals surface area contributed by atoms with E-state index < -0.39 is 0 Å². The van der Waals surface area contributed by atoms with Gasteiger partial charge in [-0.1, -0.05) is 11.8 Å². The number of ether oxygens (including phenoxy) is 1. The number of hydrogen-bond acceptors (Lipinski definition) is 8. The number of pyridine rings is 1. The van der Waals surface area contributed by atoms with E-state index in [9.17, 15) is 9.59 Å². The van der Waals surface area contributed by atoms with Crippen molar-refractivity contribution in [2.75, 3.05) is 23.5 Å². The fraction of sp³-hybridized carbons (Fsp3) is 0.0870. The molecule has 0 aliphatic heterocycles. The number of anilines is 2. The molecular formula is C23H19N5O4S. The standard InChI is InChI=1S/C23H19N5O4S/c1-31-19-8-6-18(7-9-19)26-21(30)15-2-4-17(5-3-15)25-20(29)14-33-23-28-27-22(32-23)16-10-12-24-13-11-16/h2-13H,14H2,1H3,(H,25,29)(H,26,30). The molecule has 0 saturated carbocycles. The first-order valence-corrected chi connectivity index (χ1v) is 10.8. The zero-order chi connectivity index (χ0) is 23.0. The third-order valence-corrected chi connectivity index (χ3v) is 5.26. The van der Waals surface area contributed by atoms with Gasteiger partial charge in [0.15, 0.2) is 0 Å². The van der Waals surface area contributed by atoms with Gasteiger partial charge in [-0.25, -0.2) is 0 Å². The Bertz CT molecular complexity index is 1230. The number of aromatic nitrogens is 3. The van der Waals surface area contributed by atoms with Crippen molar-refractivity contribution in [1.29, 1.82) is 0 Å². The van der Waals surface area contributed by atoms with Crippen molar-refractivity contribution < 1.29 is 18.7 Å². The minimum absolute atomic E-state index is 0.0949. The molecule has 0 aliphatic carbocycles. The Hall–Kier alpha value is -4.18. The number of nitrogens with zero attached hydrogens (tertiary/aromatic N) is 3. The van der Waals surface area contributed by atoms with Gasteiger partial charge in [-0.15, -0.1) is 10.2 Å². The molecule has 0 bridgehead atoms. The molecule has 4 rings (SSSR count). The number of thioether (sulfide) groups is 1. The van der Waals surface area contributed by atoms with Crippen molar-refractivity contribution in [1.82, 2.24) is 15.2 Å². The zero-order valence-electron chi connectivity index (χ0n) is 17.5. The number of hydrogen-bond donors (Lipinski definition) is 2. The molecule has 0 fully saturated rings. The normalized spacial score (nSPS) is 10.5. The molecule has 0 spiro atoms. The van der Waals surface area contributed by atoms with Gasteiger partial charge in [0.25, 0.3) is 11.1 Å². The first-order valence-electron chi connectivity index (χ1n) is 9.83. The van der Waals surface area contributed by atoms with Crippen molar-refractivity contribution in [3.05, 3.63) is 78.6 Å². The molecule has 9 nitrogen and oxygen atoms in total. The summed E-state index contributed by atoms with van der Waals surface area (Å²) in [4.78, 5) is 28.6. The van der Waals surface area contributed by atoms with E-state index in [4.69, 9.17) is 9.15 Å². The summed E-state index contributed by atoms with van der Waals surface area (Å²) >= 11 is 1.13. The molecule has 2 aromatic heterocycles. The predicted octanol–water partition coefficient (Wildman–Crippen LogP) is 4.12. The van der Waals surface area contributed by atoms with Crippen LogP contribution in [0.15, 0.2) is 82.7 Å². The highest BCUT2D eigenvalue weighted by molar-refractivity contribution is 7.99. The highest BCUT2D eigenvalue weighted by Gasteiger charge is 2.12. The quantitative estimate of drug-likeness (QED) is 0.376. The van der Waals surface area contributed by atoms with E-state index in [0.717, 1.165) is 17.3 Å². The Kier molecular flexibility index (Phi) is 6.96. The molecule has 10 heteroatoms. The van der Waals surface area contributed by atoms with Gasteiger partial charge in [-0.2, -0.15) is 0 Å². The van der Waals surface area contributed by atoms with Crippen LogP contribution in [0, 0.1) is 0 Å². The van der Waals surface area contributed by atoms with Crippen molar-refractivity contribution in [2.45, 2.75) is 5.22 Å². The third kappa shape index (κ3) is 5.95. The largest absolute Gasteiger partial charge is 0.497 e. The molecule has 0 saturated heterocycles. The van der Waals surface area contributed by atoms with Crippen LogP contribution in [0.5, 0.6) is 5.75 Å². The van der Waals surface area contributed by atoms with Gasteiger partial charge in [0.2, 0.25) is 11.8 Å². The van der Waals surface area contributed by atoms with E-state index in [1.54, 1.807) is 80.2 Å². The van der Waals surface area contributed by atoms with E-state index >= 15 is 0 Å². The molecule has 2 N–H and O–H groups in total. The number of methoxy groups -OCH3 is 1. The second-order valence-corrected chi connectivity index (χ2v) is 7.63. The maximum atomic E-state index is 12.4. The fourth-order valence-corrected chi connectivity index (χ4v) is 3.35. The summed E-state index contributed by atoms with van der Waals surface area (Å²) in [7, 11) is 1.58. The monoisotopic (exact) mass is 461 g/mol. The smallest absolute Gasteiger partial charge is 0.277 e. The van der Waals surface area contributed by atoms with Crippen molar-refractivity contribution >= 4 is 35.0 Å². The second kappa shape index (κ2) is 10.4. The summed E-state index contributed by atoms with van der Waals surface area (Å²) in [6.07, 6.45) is 3.27. The van der Waals surface area contributed by atoms with Gasteiger partial charge in [-0.05, 0) is 60.7 Å². The van der Waals surface area contributed by atoms with Gasteiger partial charge >= 0.3 is 0 Å². The molecule has 166 valence electrons. The van der Waals surface area contributed by atoms with Crippen LogP contribution in [0.1, 0.15) is 10.4 Å². The molecular weight excluding hydrogens is 442 g/mol. The van der Waals surface area contributed by atoms with Crippen molar-refractivity contribution in [3.63, 3.8) is 0 Å². The second-order valence-electron chi connectivity index (χ2n) is 6.71. The molecule has 0 aliphatic rings. The average Bonchev–Trinajstić information content (AvgIpc) is 3.33. The number of carbonyl (C=O) groups is 2. The topological polar surface area (TPSA) is 119 Å². The average molecular weight is 462 g/mol. The molecule has 4 aromatic rings. The van der Waals surface area contributed by atoms with Crippen molar-refractivity contribution in [3.8, 4) is 17.2 Å². The van der Waals surface area contributed by atoms with E-state index in [0.29, 0.717) is 33.8 Å². The van der Waals surface area contributed by atoms with Crippen LogP contribution in [-0.4, -0.2) is 39.9 Å². The summed E-state index contributed by atoms with van der Waals surface area (Å²) in [5.41, 5.74) is 2.45. The highest BCUT2D eigenvalue weighted by atomic mass is 32.2. The van der Waals surface area contributed by atoms with Gasteiger partial charge in [0.1, 0.15) is 5.75 Å². The maximum Gasteiger partial charge on any atom is 0.277 e. The number of rotatable bonds is 8. The first-order chi connectivity index (χ1) is 16.1. The Balaban J connectivity index is 1.27. The number of carbonyl (C=O) groups excluding carboxylic acids is 2. The Morgan fingerprint density at radius 2 is 1.58 bits per heavy atom. The molecule has 0 atom stereocenters. The Labute approximate surface area is 193 Å². The van der Waals surface area contributed by atoms with Crippen LogP contribution < -0.4 is 15.4 Å². The zero-order valence-corrected chi connectivity index (χ0v) is 18.3. The Morgan fingerprint density at radius 3 is 2.27 bits per heavy atom. The predicted molar refractivity (Wildman–Crippen MR) is 124 cm³/mol. The van der Waals surface area contributed by atoms with E-state index in [-0.39, 0.29) is 17.6 Å². The third-order valence-electron chi connectivity index (χ3n) is 4.44. The lowest BCUT2D eigenvalue weighted by Gasteiger charge is -2.08. The van der Waals surface area contributed by atoms with Crippen LogP contribution in [0.4, 0.5) is 11.4 Å². The van der Waals surface area contributed by atoms with Crippen molar-refractivity contribution in [2.24, 2.45) is 0 Å². The molecule has 0 radical (unpaired) electrons. The lowest BCUT2D eigenvalue weighted by Crippen LogP contribution is -2.15. The molecule has 0 unspecified atom stereocenters. The summed E-state index contributed by atoms with van der Waals surface area (Å²) in [5.74, 6) is 0.676. The summed E-state index contributed by atoms with van der Waals surface area (Å²) < 4.78 is 10.7. The van der Waals surface area contributed by atoms with Crippen LogP contribution in [0.25, 0.3) is 11.5 Å². The van der Waals surface area contributed by atoms with Crippen LogP contribution >= 0.6 is 11.8 Å². The maximum absolute atomic E-state index is 12.4. The van der Waals surface area contributed by atoms with Gasteiger partial charge in [0, 0.05) is 34.9 Å². The minimum Gasteiger partial charge on any atom is -0.497 e. The fourth-order valence-electron chi connectivity index (χ4n) is 2.79. The number of amides is 2. The summed E-state index contributed by atoms with van der Waals surface area (Å²) in [5, 5.41) is 13.8. The van der Waals surface area contributed by atoms with Gasteiger partial charge < -0.3 is 19.8 Å². The molecule has 2 aromatic carbocycles. The van der Waals surface area contributed by atoms with Crippen LogP contribution in [-0.2, 0) is 4.79 Å². The Morgan fingerprint density at radius 1 is 0.909 bits per heavy atom. The molecule has 2 heterocycles. The first kappa shape index (κ1) is 22.0. The van der Waals surface area contributed by atoms with Crippen LogP contribution in [0.2, 0.25) is 0 Å². The van der Waals surface area contributed by atoms with Crippen LogP contribution in [0.3, 0.4) is 0 Å². The molecule has 2 amide bonds. The van der Waals surface area contributed by atoms with E-state index in [1.165, 1.54) is 0 Å². The SMILES string of the molecule is COc1ccc(NC(=O)c2ccc(NC(=O)CSc3nnc(-c4ccncc4)o3)cc2)cc1. The lowest BCUT2D eigenvalue weighted by molar-refractivity contribution is -0.113. The minimum atomic E-state index is -0.255. The highest BCUT2D eigenvalue weighted by Crippen LogP contribution is 2.23. The summed E-state index contributed by atoms with van der Waals surface area (Å²) in [6.45, 7) is 0. The molecule has 33 heavy (non-hydrogen) atoms. The lowest BCUT2D eigenvalue weighted by atomic mass is 10.2. The summed E-state index contributed by atoms with van der Waals surface area (Å²) in [6, 6.07) is 17.2.